The molecule has 5 nitrogen and oxygen atoms in total. The zero-order valence-electron chi connectivity index (χ0n) is 10.1. The number of carbonyl (C=O) groups excluding carboxylic acids is 1. The van der Waals surface area contributed by atoms with E-state index in [1.807, 2.05) is 9.80 Å². The smallest absolute Gasteiger partial charge is 0.317 e. The summed E-state index contributed by atoms with van der Waals surface area (Å²) in [6.45, 7) is 3.01. The van der Waals surface area contributed by atoms with E-state index in [0.717, 1.165) is 19.5 Å². The normalized spacial score (nSPS) is 22.2. The number of aliphatic carboxylic acids is 1. The van der Waals surface area contributed by atoms with Gasteiger partial charge in [0.2, 0.25) is 5.91 Å². The summed E-state index contributed by atoms with van der Waals surface area (Å²) in [6, 6.07) is 0. The average molecular weight is 240 g/mol. The summed E-state index contributed by atoms with van der Waals surface area (Å²) in [7, 11) is 0. The Bertz CT molecular complexity index is 302. The van der Waals surface area contributed by atoms with Gasteiger partial charge in [0, 0.05) is 32.6 Å². The molecular weight excluding hydrogens is 220 g/mol. The van der Waals surface area contributed by atoms with Gasteiger partial charge in [0.1, 0.15) is 0 Å². The minimum absolute atomic E-state index is 0.0880. The van der Waals surface area contributed by atoms with Gasteiger partial charge < -0.3 is 10.0 Å². The Balaban J connectivity index is 1.77. The summed E-state index contributed by atoms with van der Waals surface area (Å²) >= 11 is 0. The topological polar surface area (TPSA) is 60.9 Å². The summed E-state index contributed by atoms with van der Waals surface area (Å²) in [5.74, 6) is 0.0910. The van der Waals surface area contributed by atoms with E-state index in [-0.39, 0.29) is 12.5 Å². The van der Waals surface area contributed by atoms with Gasteiger partial charge in [-0.3, -0.25) is 14.5 Å². The molecule has 0 spiro atoms. The summed E-state index contributed by atoms with van der Waals surface area (Å²) in [5.41, 5.74) is 0. The van der Waals surface area contributed by atoms with Crippen molar-refractivity contribution in [2.45, 2.75) is 25.7 Å². The van der Waals surface area contributed by atoms with Gasteiger partial charge in [-0.05, 0) is 25.2 Å². The molecule has 17 heavy (non-hydrogen) atoms. The molecule has 0 aromatic rings. The molecule has 1 aliphatic heterocycles. The highest BCUT2D eigenvalue weighted by Crippen LogP contribution is 2.32. The number of carboxylic acid groups (broad SMARTS) is 1. The predicted molar refractivity (Wildman–Crippen MR) is 62.6 cm³/mol. The number of hydrogen-bond acceptors (Lipinski definition) is 3. The molecule has 2 aliphatic rings. The van der Waals surface area contributed by atoms with Crippen LogP contribution in [0.1, 0.15) is 25.7 Å². The highest BCUT2D eigenvalue weighted by molar-refractivity contribution is 5.76. The van der Waals surface area contributed by atoms with Crippen molar-refractivity contribution in [3.8, 4) is 0 Å². The fraction of sp³-hybridized carbons (Fsp3) is 0.833. The van der Waals surface area contributed by atoms with Gasteiger partial charge in [0.05, 0.1) is 6.54 Å². The molecule has 0 aromatic heterocycles. The maximum atomic E-state index is 11.9. The monoisotopic (exact) mass is 240 g/mol. The number of rotatable bonds is 4. The van der Waals surface area contributed by atoms with Crippen LogP contribution in [0.15, 0.2) is 0 Å². The molecule has 0 radical (unpaired) electrons. The number of hydrogen-bond donors (Lipinski definition) is 1. The van der Waals surface area contributed by atoms with Gasteiger partial charge in [-0.25, -0.2) is 0 Å². The van der Waals surface area contributed by atoms with E-state index in [1.165, 1.54) is 12.8 Å². The largest absolute Gasteiger partial charge is 0.480 e. The van der Waals surface area contributed by atoms with E-state index in [2.05, 4.69) is 0 Å². The lowest BCUT2D eigenvalue weighted by Crippen LogP contribution is -2.36. The molecule has 1 saturated heterocycles. The summed E-state index contributed by atoms with van der Waals surface area (Å²) < 4.78 is 0. The van der Waals surface area contributed by atoms with E-state index < -0.39 is 5.97 Å². The maximum Gasteiger partial charge on any atom is 0.317 e. The van der Waals surface area contributed by atoms with E-state index >= 15 is 0 Å². The number of nitrogens with zero attached hydrogens (tertiary/aromatic N) is 2. The zero-order valence-corrected chi connectivity index (χ0v) is 10.1. The molecule has 96 valence electrons. The van der Waals surface area contributed by atoms with Crippen molar-refractivity contribution in [2.75, 3.05) is 32.7 Å². The van der Waals surface area contributed by atoms with Gasteiger partial charge in [-0.15, -0.1) is 0 Å². The SMILES string of the molecule is O=C(O)CN1CCCN(C(=O)CC2CC2)CC1. The first-order valence-electron chi connectivity index (χ1n) is 6.37. The van der Waals surface area contributed by atoms with E-state index in [1.54, 1.807) is 0 Å². The fourth-order valence-corrected chi connectivity index (χ4v) is 2.27. The third kappa shape index (κ3) is 4.00. The Kier molecular flexibility index (Phi) is 3.99. The van der Waals surface area contributed by atoms with Crippen LogP contribution in [-0.2, 0) is 9.59 Å². The first-order valence-corrected chi connectivity index (χ1v) is 6.37. The first kappa shape index (κ1) is 12.4. The third-order valence-electron chi connectivity index (χ3n) is 3.46. The highest BCUT2D eigenvalue weighted by atomic mass is 16.4. The molecule has 1 saturated carbocycles. The molecule has 1 heterocycles. The van der Waals surface area contributed by atoms with Crippen LogP contribution < -0.4 is 0 Å². The lowest BCUT2D eigenvalue weighted by Gasteiger charge is -2.21. The van der Waals surface area contributed by atoms with Crippen molar-refractivity contribution in [2.24, 2.45) is 5.92 Å². The molecular formula is C12H20N2O3. The molecule has 1 amide bonds. The Morgan fingerprint density at radius 2 is 1.88 bits per heavy atom. The molecule has 1 aliphatic carbocycles. The van der Waals surface area contributed by atoms with Crippen molar-refractivity contribution >= 4 is 11.9 Å². The van der Waals surface area contributed by atoms with E-state index in [0.29, 0.717) is 25.4 Å². The zero-order chi connectivity index (χ0) is 12.3. The minimum atomic E-state index is -0.789. The van der Waals surface area contributed by atoms with Crippen LogP contribution in [0, 0.1) is 5.92 Å². The average Bonchev–Trinajstić information content (AvgIpc) is 3.04. The summed E-state index contributed by atoms with van der Waals surface area (Å²) in [5, 5.41) is 8.74. The van der Waals surface area contributed by atoms with Crippen molar-refractivity contribution in [3.63, 3.8) is 0 Å². The Labute approximate surface area is 101 Å². The van der Waals surface area contributed by atoms with E-state index in [9.17, 15) is 9.59 Å². The third-order valence-corrected chi connectivity index (χ3v) is 3.46. The number of amides is 1. The first-order chi connectivity index (χ1) is 8.15. The minimum Gasteiger partial charge on any atom is -0.480 e. The second-order valence-electron chi connectivity index (χ2n) is 5.05. The van der Waals surface area contributed by atoms with Crippen LogP contribution in [-0.4, -0.2) is 59.5 Å². The summed E-state index contributed by atoms with van der Waals surface area (Å²) in [4.78, 5) is 26.4. The van der Waals surface area contributed by atoms with Crippen molar-refractivity contribution in [1.82, 2.24) is 9.80 Å². The molecule has 2 fully saturated rings. The van der Waals surface area contributed by atoms with Gasteiger partial charge in [-0.1, -0.05) is 0 Å². The Hall–Kier alpha value is -1.10. The van der Waals surface area contributed by atoms with Gasteiger partial charge in [0.15, 0.2) is 0 Å². The van der Waals surface area contributed by atoms with Crippen molar-refractivity contribution < 1.29 is 14.7 Å². The van der Waals surface area contributed by atoms with Crippen molar-refractivity contribution in [3.05, 3.63) is 0 Å². The Morgan fingerprint density at radius 1 is 1.12 bits per heavy atom. The fourth-order valence-electron chi connectivity index (χ4n) is 2.27. The van der Waals surface area contributed by atoms with Crippen LogP contribution in [0.3, 0.4) is 0 Å². The van der Waals surface area contributed by atoms with Crippen LogP contribution in [0.25, 0.3) is 0 Å². The van der Waals surface area contributed by atoms with E-state index in [4.69, 9.17) is 5.11 Å². The molecule has 0 unspecified atom stereocenters. The number of carbonyl (C=O) groups is 2. The molecule has 2 rings (SSSR count). The van der Waals surface area contributed by atoms with Crippen molar-refractivity contribution in [1.29, 1.82) is 0 Å². The van der Waals surface area contributed by atoms with Crippen LogP contribution in [0.2, 0.25) is 0 Å². The molecule has 0 atom stereocenters. The van der Waals surface area contributed by atoms with Gasteiger partial charge in [-0.2, -0.15) is 0 Å². The van der Waals surface area contributed by atoms with Crippen LogP contribution >= 0.6 is 0 Å². The highest BCUT2D eigenvalue weighted by Gasteiger charge is 2.28. The molecule has 5 heteroatoms. The second-order valence-corrected chi connectivity index (χ2v) is 5.05. The second kappa shape index (κ2) is 5.49. The lowest BCUT2D eigenvalue weighted by molar-refractivity contribution is -0.138. The van der Waals surface area contributed by atoms with Crippen LogP contribution in [0.4, 0.5) is 0 Å². The maximum absolute atomic E-state index is 11.9. The Morgan fingerprint density at radius 3 is 2.53 bits per heavy atom. The van der Waals surface area contributed by atoms with Gasteiger partial charge in [0.25, 0.3) is 0 Å². The van der Waals surface area contributed by atoms with Gasteiger partial charge >= 0.3 is 5.97 Å². The standard InChI is InChI=1S/C12H20N2O3/c15-11(8-10-2-3-10)14-5-1-4-13(6-7-14)9-12(16)17/h10H,1-9H2,(H,16,17). The quantitative estimate of drug-likeness (QED) is 0.773. The van der Waals surface area contributed by atoms with Crippen LogP contribution in [0.5, 0.6) is 0 Å². The number of carboxylic acids is 1. The predicted octanol–water partition coefficient (Wildman–Crippen LogP) is 0.405. The summed E-state index contributed by atoms with van der Waals surface area (Å²) in [6.07, 6.45) is 3.97. The molecule has 0 bridgehead atoms. The molecule has 1 N–H and O–H groups in total. The lowest BCUT2D eigenvalue weighted by atomic mass is 10.2. The molecule has 0 aromatic carbocycles.